The largest absolute Gasteiger partial charge is 0.317 e. The van der Waals surface area contributed by atoms with Gasteiger partial charge in [0.15, 0.2) is 0 Å². The van der Waals surface area contributed by atoms with Crippen molar-refractivity contribution >= 4 is 44.4 Å². The highest BCUT2D eigenvalue weighted by atomic mass is 15.1. The Bertz CT molecular complexity index is 2940. The number of aromatic nitrogens is 1. The molecule has 7 aromatic carbocycles. The van der Waals surface area contributed by atoms with Crippen LogP contribution >= 0.6 is 0 Å². The van der Waals surface area contributed by atoms with E-state index < -0.39 is 0 Å². The number of benzene rings is 7. The molecule has 0 amide bonds. The van der Waals surface area contributed by atoms with Crippen LogP contribution in [-0.4, -0.2) is 4.57 Å². The Morgan fingerprint density at radius 2 is 1.05 bits per heavy atom. The lowest BCUT2D eigenvalue weighted by atomic mass is 10.0. The number of allylic oxidation sites excluding steroid dienone is 7. The van der Waals surface area contributed by atoms with Crippen molar-refractivity contribution in [3.63, 3.8) is 0 Å². The SMILES string of the molecule is C=C/C=C\C=C\N(c1ccccc1)c1ccc(-c2ccc3c(ccccccn3-c3ccc(-c4ccc(N(/C(C=C)=C/C=C)c5cccc6ccccc56)cc4)cc3)c2)cc1. The second-order valence-electron chi connectivity index (χ2n) is 14.4. The quantitative estimate of drug-likeness (QED) is 0.108. The van der Waals surface area contributed by atoms with Crippen molar-refractivity contribution in [2.75, 3.05) is 9.80 Å². The first-order valence-electron chi connectivity index (χ1n) is 20.4. The van der Waals surface area contributed by atoms with Crippen LogP contribution in [0.4, 0.5) is 22.7 Å². The third-order valence-corrected chi connectivity index (χ3v) is 10.6. The van der Waals surface area contributed by atoms with Crippen molar-refractivity contribution < 1.29 is 0 Å². The van der Waals surface area contributed by atoms with E-state index in [2.05, 4.69) is 235 Å². The molecule has 0 bridgehead atoms. The van der Waals surface area contributed by atoms with Crippen LogP contribution in [0.15, 0.2) is 274 Å². The lowest BCUT2D eigenvalue weighted by Crippen LogP contribution is -2.15. The molecule has 0 N–H and O–H groups in total. The molecule has 0 saturated heterocycles. The van der Waals surface area contributed by atoms with Gasteiger partial charge in [0.1, 0.15) is 0 Å². The molecule has 0 unspecified atom stereocenters. The summed E-state index contributed by atoms with van der Waals surface area (Å²) in [6, 6.07) is 68.7. The Kier molecular flexibility index (Phi) is 12.4. The summed E-state index contributed by atoms with van der Waals surface area (Å²) in [5.41, 5.74) is 12.0. The molecule has 3 nitrogen and oxygen atoms in total. The van der Waals surface area contributed by atoms with Gasteiger partial charge in [0.2, 0.25) is 0 Å². The average molecular weight is 786 g/mol. The fourth-order valence-electron chi connectivity index (χ4n) is 7.62. The molecule has 61 heavy (non-hydrogen) atoms. The summed E-state index contributed by atoms with van der Waals surface area (Å²) in [6.45, 7) is 11.9. The number of hydrogen-bond donors (Lipinski definition) is 0. The van der Waals surface area contributed by atoms with Crippen molar-refractivity contribution in [3.05, 3.63) is 274 Å². The fourth-order valence-corrected chi connectivity index (χ4v) is 7.62. The zero-order chi connectivity index (χ0) is 41.8. The summed E-state index contributed by atoms with van der Waals surface area (Å²) in [7, 11) is 0. The van der Waals surface area contributed by atoms with Crippen LogP contribution in [0.1, 0.15) is 0 Å². The topological polar surface area (TPSA) is 11.4 Å². The Balaban J connectivity index is 1.09. The maximum absolute atomic E-state index is 4.14. The van der Waals surface area contributed by atoms with Gasteiger partial charge in [-0.05, 0) is 124 Å². The van der Waals surface area contributed by atoms with E-state index in [4.69, 9.17) is 0 Å². The van der Waals surface area contributed by atoms with E-state index in [9.17, 15) is 0 Å². The van der Waals surface area contributed by atoms with E-state index in [1.807, 2.05) is 36.4 Å². The highest BCUT2D eigenvalue weighted by molar-refractivity contribution is 5.97. The maximum atomic E-state index is 4.14. The molecule has 1 heterocycles. The number of para-hydroxylation sites is 1. The number of anilines is 4. The van der Waals surface area contributed by atoms with Gasteiger partial charge in [0.05, 0.1) is 11.2 Å². The molecule has 294 valence electrons. The predicted octanol–water partition coefficient (Wildman–Crippen LogP) is 16.0. The van der Waals surface area contributed by atoms with Gasteiger partial charge in [-0.2, -0.15) is 0 Å². The highest BCUT2D eigenvalue weighted by Gasteiger charge is 2.16. The van der Waals surface area contributed by atoms with Gasteiger partial charge in [0.25, 0.3) is 0 Å². The lowest BCUT2D eigenvalue weighted by molar-refractivity contribution is 1.11. The van der Waals surface area contributed by atoms with E-state index in [1.54, 1.807) is 12.2 Å². The first kappa shape index (κ1) is 39.7. The van der Waals surface area contributed by atoms with Crippen molar-refractivity contribution in [3.8, 4) is 27.9 Å². The fraction of sp³-hybridized carbons (Fsp3) is 0. The third-order valence-electron chi connectivity index (χ3n) is 10.6. The van der Waals surface area contributed by atoms with Gasteiger partial charge in [-0.1, -0.05) is 165 Å². The second kappa shape index (κ2) is 19.1. The van der Waals surface area contributed by atoms with E-state index in [0.29, 0.717) is 0 Å². The smallest absolute Gasteiger partial charge is 0.0540 e. The molecule has 0 spiro atoms. The van der Waals surface area contributed by atoms with Gasteiger partial charge in [-0.25, -0.2) is 0 Å². The zero-order valence-electron chi connectivity index (χ0n) is 34.1. The summed E-state index contributed by atoms with van der Waals surface area (Å²) in [5, 5.41) is 3.48. The third kappa shape index (κ3) is 8.97. The summed E-state index contributed by atoms with van der Waals surface area (Å²) >= 11 is 0. The van der Waals surface area contributed by atoms with Gasteiger partial charge >= 0.3 is 0 Å². The van der Waals surface area contributed by atoms with Gasteiger partial charge in [0, 0.05) is 46.2 Å². The number of hydrogen-bond acceptors (Lipinski definition) is 2. The Morgan fingerprint density at radius 3 is 1.79 bits per heavy atom. The van der Waals surface area contributed by atoms with E-state index in [0.717, 1.165) is 67.3 Å². The number of nitrogens with zero attached hydrogens (tertiary/aromatic N) is 3. The predicted molar refractivity (Wildman–Crippen MR) is 263 cm³/mol. The monoisotopic (exact) mass is 785 g/mol. The van der Waals surface area contributed by atoms with Crippen LogP contribution in [0.25, 0.3) is 49.6 Å². The standard InChI is InChI=1S/C58H47N3/c1-4-7-8-17-42-59(52-24-13-11-14-25-52)53-35-30-47(31-36-53)49-34-41-57-50(44-49)22-12-9-10-18-43-60(57)54-37-28-45(29-38-54)46-32-39-55(40-33-46)61(51(6-3)20-5-2)58-27-19-23-48-21-15-16-26-56(48)58/h4-44H,1-3H2/b8-7-,10-9?,22-12?,42-17+,43-18?,51-20+. The molecule has 8 rings (SSSR count). The first-order chi connectivity index (χ1) is 30.1. The van der Waals surface area contributed by atoms with Crippen molar-refractivity contribution in [2.24, 2.45) is 0 Å². The molecule has 1 aromatic heterocycles. The highest BCUT2D eigenvalue weighted by Crippen LogP contribution is 2.37. The second-order valence-corrected chi connectivity index (χ2v) is 14.4. The number of fused-ring (bicyclic) bond motifs is 2. The van der Waals surface area contributed by atoms with Crippen LogP contribution in [-0.2, 0) is 0 Å². The van der Waals surface area contributed by atoms with Crippen LogP contribution in [0.3, 0.4) is 0 Å². The molecule has 0 saturated carbocycles. The Labute approximate surface area is 359 Å². The minimum absolute atomic E-state index is 0.947. The zero-order valence-corrected chi connectivity index (χ0v) is 34.1. The average Bonchev–Trinajstić information content (AvgIpc) is 3.42. The molecule has 8 aromatic rings. The van der Waals surface area contributed by atoms with Crippen LogP contribution < -0.4 is 9.80 Å². The van der Waals surface area contributed by atoms with Crippen molar-refractivity contribution in [2.45, 2.75) is 0 Å². The van der Waals surface area contributed by atoms with Crippen LogP contribution in [0.5, 0.6) is 0 Å². The molecule has 0 aliphatic heterocycles. The van der Waals surface area contributed by atoms with Gasteiger partial charge in [-0.3, -0.25) is 0 Å². The minimum Gasteiger partial charge on any atom is -0.317 e. The van der Waals surface area contributed by atoms with Gasteiger partial charge in [-0.15, -0.1) is 0 Å². The van der Waals surface area contributed by atoms with Crippen LogP contribution in [0, 0.1) is 0 Å². The number of rotatable bonds is 13. The molecule has 3 heteroatoms. The summed E-state index contributed by atoms with van der Waals surface area (Å²) in [6.07, 6.45) is 17.6. The lowest BCUT2D eigenvalue weighted by Gasteiger charge is -2.27. The van der Waals surface area contributed by atoms with E-state index >= 15 is 0 Å². The van der Waals surface area contributed by atoms with E-state index in [1.165, 1.54) is 10.8 Å². The first-order valence-corrected chi connectivity index (χ1v) is 20.4. The Hall–Kier alpha value is -8.14. The molecule has 0 radical (unpaired) electrons. The van der Waals surface area contributed by atoms with Crippen molar-refractivity contribution in [1.29, 1.82) is 0 Å². The molecule has 0 aliphatic rings. The minimum atomic E-state index is 0.947. The molecule has 0 aliphatic carbocycles. The summed E-state index contributed by atoms with van der Waals surface area (Å²) < 4.78 is 2.25. The van der Waals surface area contributed by atoms with Gasteiger partial charge < -0.3 is 14.4 Å². The normalized spacial score (nSPS) is 11.4. The summed E-state index contributed by atoms with van der Waals surface area (Å²) in [5.74, 6) is 0. The Morgan fingerprint density at radius 1 is 0.459 bits per heavy atom. The van der Waals surface area contributed by atoms with E-state index in [-0.39, 0.29) is 0 Å². The molecule has 0 fully saturated rings. The summed E-state index contributed by atoms with van der Waals surface area (Å²) in [4.78, 5) is 4.42. The van der Waals surface area contributed by atoms with Crippen LogP contribution in [0.2, 0.25) is 0 Å². The van der Waals surface area contributed by atoms with Crippen molar-refractivity contribution in [1.82, 2.24) is 4.57 Å². The molecular formula is C58H47N3. The molecule has 0 atom stereocenters. The maximum Gasteiger partial charge on any atom is 0.0540 e. The molecular weight excluding hydrogens is 739 g/mol.